The van der Waals surface area contributed by atoms with E-state index in [2.05, 4.69) is 21.5 Å². The van der Waals surface area contributed by atoms with Crippen LogP contribution >= 0.6 is 0 Å². The molecule has 1 aromatic rings. The molecule has 4 N–H and O–H groups in total. The van der Waals surface area contributed by atoms with Crippen LogP contribution in [0.4, 0.5) is 0 Å². The second-order valence-electron chi connectivity index (χ2n) is 7.60. The van der Waals surface area contributed by atoms with Gasteiger partial charge in [-0.2, -0.15) is 0 Å². The smallest absolute Gasteiger partial charge is 0.238 e. The van der Waals surface area contributed by atoms with Crippen molar-refractivity contribution >= 4 is 11.8 Å². The summed E-state index contributed by atoms with van der Waals surface area (Å²) in [4.78, 5) is 26.7. The lowest BCUT2D eigenvalue weighted by atomic mass is 9.89. The minimum Gasteiger partial charge on any atom is -0.354 e. The van der Waals surface area contributed by atoms with Gasteiger partial charge in [0.2, 0.25) is 11.8 Å². The Kier molecular flexibility index (Phi) is 5.19. The molecule has 0 aliphatic carbocycles. The van der Waals surface area contributed by atoms with Crippen molar-refractivity contribution in [2.24, 2.45) is 11.8 Å². The first-order chi connectivity index (χ1) is 12.7. The number of hydrogen-bond donors (Lipinski definition) is 4. The molecule has 4 atom stereocenters. The predicted molar refractivity (Wildman–Crippen MR) is 97.8 cm³/mol. The van der Waals surface area contributed by atoms with E-state index in [1.807, 2.05) is 35.2 Å². The van der Waals surface area contributed by atoms with Crippen LogP contribution in [0, 0.1) is 11.8 Å². The van der Waals surface area contributed by atoms with Crippen molar-refractivity contribution in [3.8, 4) is 0 Å². The van der Waals surface area contributed by atoms with Gasteiger partial charge >= 0.3 is 0 Å². The molecule has 3 saturated heterocycles. The number of carbonyl (C=O) groups is 2. The van der Waals surface area contributed by atoms with Crippen LogP contribution in [-0.4, -0.2) is 55.0 Å². The first-order valence-electron chi connectivity index (χ1n) is 9.52. The zero-order valence-electron chi connectivity index (χ0n) is 14.9. The molecule has 7 heteroatoms. The molecule has 0 saturated carbocycles. The van der Waals surface area contributed by atoms with E-state index in [9.17, 15) is 9.59 Å². The highest BCUT2D eigenvalue weighted by Gasteiger charge is 2.41. The second kappa shape index (κ2) is 7.73. The highest BCUT2D eigenvalue weighted by Crippen LogP contribution is 2.22. The number of nitrogens with one attached hydrogen (secondary N) is 4. The lowest BCUT2D eigenvalue weighted by Crippen LogP contribution is -2.50. The van der Waals surface area contributed by atoms with Crippen LogP contribution in [0.1, 0.15) is 18.4 Å². The van der Waals surface area contributed by atoms with Crippen molar-refractivity contribution in [2.45, 2.75) is 31.5 Å². The molecule has 140 valence electrons. The van der Waals surface area contributed by atoms with E-state index < -0.39 is 0 Å². The van der Waals surface area contributed by atoms with E-state index in [-0.39, 0.29) is 29.7 Å². The molecule has 4 unspecified atom stereocenters. The van der Waals surface area contributed by atoms with E-state index >= 15 is 0 Å². The van der Waals surface area contributed by atoms with E-state index in [0.29, 0.717) is 32.1 Å². The third-order valence-electron chi connectivity index (χ3n) is 5.74. The summed E-state index contributed by atoms with van der Waals surface area (Å²) in [5.41, 5.74) is 7.53. The Bertz CT molecular complexity index is 653. The van der Waals surface area contributed by atoms with Crippen molar-refractivity contribution in [1.29, 1.82) is 0 Å². The summed E-state index contributed by atoms with van der Waals surface area (Å²) in [5.74, 6) is 0.668. The molecule has 0 radical (unpaired) electrons. The van der Waals surface area contributed by atoms with Crippen molar-refractivity contribution in [3.05, 3.63) is 35.9 Å². The zero-order chi connectivity index (χ0) is 17.9. The van der Waals surface area contributed by atoms with Crippen LogP contribution in [0.3, 0.4) is 0 Å². The van der Waals surface area contributed by atoms with Crippen LogP contribution in [0.5, 0.6) is 0 Å². The maximum absolute atomic E-state index is 12.6. The van der Waals surface area contributed by atoms with E-state index in [1.54, 1.807) is 0 Å². The number of fused-ring (bicyclic) bond motifs is 1. The second-order valence-corrected chi connectivity index (χ2v) is 7.60. The fourth-order valence-electron chi connectivity index (χ4n) is 4.28. The van der Waals surface area contributed by atoms with E-state index in [0.717, 1.165) is 25.1 Å². The topological polar surface area (TPSA) is 85.5 Å². The molecular formula is C19H27N5O2. The van der Waals surface area contributed by atoms with Crippen LogP contribution in [0.15, 0.2) is 30.3 Å². The summed E-state index contributed by atoms with van der Waals surface area (Å²) in [6, 6.07) is 10.2. The van der Waals surface area contributed by atoms with Crippen molar-refractivity contribution in [1.82, 2.24) is 26.4 Å². The molecule has 26 heavy (non-hydrogen) atoms. The number of hydrogen-bond acceptors (Lipinski definition) is 5. The number of likely N-dealkylation sites (tertiary alicyclic amines) is 1. The molecule has 1 aromatic carbocycles. The number of rotatable bonds is 5. The van der Waals surface area contributed by atoms with Gasteiger partial charge in [0.15, 0.2) is 0 Å². The van der Waals surface area contributed by atoms with Gasteiger partial charge in [-0.15, -0.1) is 0 Å². The third kappa shape index (κ3) is 3.75. The maximum Gasteiger partial charge on any atom is 0.238 e. The van der Waals surface area contributed by atoms with Crippen LogP contribution in [0.25, 0.3) is 0 Å². The van der Waals surface area contributed by atoms with Gasteiger partial charge in [0.05, 0.1) is 0 Å². The van der Waals surface area contributed by atoms with Gasteiger partial charge in [-0.3, -0.25) is 15.0 Å². The quantitative estimate of drug-likeness (QED) is 0.577. The minimum absolute atomic E-state index is 0.0302. The largest absolute Gasteiger partial charge is 0.354 e. The van der Waals surface area contributed by atoms with Gasteiger partial charge in [-0.25, -0.2) is 5.43 Å². The summed E-state index contributed by atoms with van der Waals surface area (Å²) in [6.45, 7) is 3.76. The number of carbonyl (C=O) groups excluding carboxylic acids is 2. The van der Waals surface area contributed by atoms with Crippen molar-refractivity contribution in [2.75, 3.05) is 26.2 Å². The van der Waals surface area contributed by atoms with Crippen LogP contribution < -0.4 is 21.5 Å². The SMILES string of the molecule is O=C(NCC1CC(=O)N(Cc2ccccc2)C1)C1NNC2CCNCC21. The molecule has 7 nitrogen and oxygen atoms in total. The van der Waals surface area contributed by atoms with E-state index in [4.69, 9.17) is 0 Å². The highest BCUT2D eigenvalue weighted by molar-refractivity contribution is 5.83. The van der Waals surface area contributed by atoms with Crippen molar-refractivity contribution in [3.63, 3.8) is 0 Å². The van der Waals surface area contributed by atoms with Gasteiger partial charge in [-0.1, -0.05) is 30.3 Å². The van der Waals surface area contributed by atoms with Gasteiger partial charge in [-0.05, 0) is 18.5 Å². The lowest BCUT2D eigenvalue weighted by molar-refractivity contribution is -0.128. The zero-order valence-corrected chi connectivity index (χ0v) is 14.9. The Morgan fingerprint density at radius 1 is 1.23 bits per heavy atom. The average Bonchev–Trinajstić information content (AvgIpc) is 3.24. The molecule has 2 amide bonds. The Hall–Kier alpha value is -1.96. The summed E-state index contributed by atoms with van der Waals surface area (Å²) >= 11 is 0. The molecule has 0 spiro atoms. The summed E-state index contributed by atoms with van der Waals surface area (Å²) in [7, 11) is 0. The van der Waals surface area contributed by atoms with Gasteiger partial charge in [0, 0.05) is 50.5 Å². The third-order valence-corrected chi connectivity index (χ3v) is 5.74. The normalized spacial score (nSPS) is 31.1. The maximum atomic E-state index is 12.6. The number of benzene rings is 1. The van der Waals surface area contributed by atoms with Crippen LogP contribution in [-0.2, 0) is 16.1 Å². The molecule has 3 aliphatic heterocycles. The van der Waals surface area contributed by atoms with Gasteiger partial charge < -0.3 is 15.5 Å². The lowest BCUT2D eigenvalue weighted by Gasteiger charge is -2.27. The molecule has 3 fully saturated rings. The molecular weight excluding hydrogens is 330 g/mol. The first-order valence-corrected chi connectivity index (χ1v) is 9.52. The molecule has 0 aromatic heterocycles. The average molecular weight is 357 g/mol. The van der Waals surface area contributed by atoms with E-state index in [1.165, 1.54) is 0 Å². The Labute approximate surface area is 153 Å². The van der Waals surface area contributed by atoms with Crippen molar-refractivity contribution < 1.29 is 9.59 Å². The molecule has 3 aliphatic rings. The first kappa shape index (κ1) is 17.5. The predicted octanol–water partition coefficient (Wildman–Crippen LogP) is -0.394. The fourth-order valence-corrected chi connectivity index (χ4v) is 4.28. The molecule has 0 bridgehead atoms. The van der Waals surface area contributed by atoms with Crippen LogP contribution in [0.2, 0.25) is 0 Å². The number of nitrogens with zero attached hydrogens (tertiary/aromatic N) is 1. The molecule has 3 heterocycles. The number of amides is 2. The number of hydrazine groups is 1. The summed E-state index contributed by atoms with van der Waals surface area (Å²) < 4.78 is 0. The molecule has 4 rings (SSSR count). The van der Waals surface area contributed by atoms with Gasteiger partial charge in [0.1, 0.15) is 6.04 Å². The monoisotopic (exact) mass is 357 g/mol. The summed E-state index contributed by atoms with van der Waals surface area (Å²) in [5, 5.41) is 6.42. The Morgan fingerprint density at radius 2 is 2.08 bits per heavy atom. The Balaban J connectivity index is 1.26. The standard InChI is InChI=1S/C19H27N5O2/c25-17-8-14(12-24(17)11-13-4-2-1-3-5-13)9-21-19(26)18-15-10-20-7-6-16(15)22-23-18/h1-5,14-16,18,20,22-23H,6-12H2,(H,21,26). The fraction of sp³-hybridized carbons (Fsp3) is 0.579. The number of piperidine rings is 1. The summed E-state index contributed by atoms with van der Waals surface area (Å²) in [6.07, 6.45) is 1.55. The minimum atomic E-state index is -0.203. The highest BCUT2D eigenvalue weighted by atomic mass is 16.2. The van der Waals surface area contributed by atoms with Gasteiger partial charge in [0.25, 0.3) is 0 Å². The Morgan fingerprint density at radius 3 is 2.92 bits per heavy atom.